The van der Waals surface area contributed by atoms with Crippen molar-refractivity contribution < 1.29 is 33.6 Å². The van der Waals surface area contributed by atoms with Gasteiger partial charge in [0.25, 0.3) is 5.91 Å². The van der Waals surface area contributed by atoms with E-state index in [2.05, 4.69) is 17.2 Å². The number of cyclic esters (lactones) is 1. The van der Waals surface area contributed by atoms with Gasteiger partial charge in [0.1, 0.15) is 18.0 Å². The molecule has 2 N–H and O–H groups in total. The van der Waals surface area contributed by atoms with Crippen LogP contribution in [-0.4, -0.2) is 60.5 Å². The highest BCUT2D eigenvalue weighted by Crippen LogP contribution is 2.28. The molecule has 178 valence electrons. The number of carbonyl (C=O) groups is 2. The third-order valence-electron chi connectivity index (χ3n) is 5.60. The number of hydrogen-bond acceptors (Lipinski definition) is 8. The first-order valence-corrected chi connectivity index (χ1v) is 11.0. The molecule has 3 rings (SSSR count). The van der Waals surface area contributed by atoms with E-state index in [-0.39, 0.29) is 30.1 Å². The molecule has 33 heavy (non-hydrogen) atoms. The van der Waals surface area contributed by atoms with Crippen molar-refractivity contribution in [3.8, 4) is 17.2 Å². The van der Waals surface area contributed by atoms with Crippen molar-refractivity contribution in [2.75, 3.05) is 20.3 Å². The monoisotopic (exact) mass is 458 g/mol. The van der Waals surface area contributed by atoms with Crippen molar-refractivity contribution in [1.29, 1.82) is 0 Å². The zero-order valence-corrected chi connectivity index (χ0v) is 19.0. The van der Waals surface area contributed by atoms with Gasteiger partial charge in [0.15, 0.2) is 23.2 Å². The number of rotatable bonds is 6. The zero-order valence-electron chi connectivity index (χ0n) is 19.0. The molecule has 4 atom stereocenters. The molecular weight excluding hydrogens is 428 g/mol. The maximum Gasteiger partial charge on any atom is 0.331 e. The van der Waals surface area contributed by atoms with E-state index in [0.29, 0.717) is 18.8 Å². The number of pyridine rings is 1. The van der Waals surface area contributed by atoms with Crippen LogP contribution in [-0.2, 0) is 14.3 Å². The Morgan fingerprint density at radius 2 is 2.03 bits per heavy atom. The fourth-order valence-electron chi connectivity index (χ4n) is 3.76. The fourth-order valence-corrected chi connectivity index (χ4v) is 3.76. The first-order valence-electron chi connectivity index (χ1n) is 11.0. The highest BCUT2D eigenvalue weighted by molar-refractivity contribution is 5.98. The lowest BCUT2D eigenvalue weighted by Gasteiger charge is -2.33. The number of methoxy groups -OCH3 is 1. The molecule has 9 heteroatoms. The van der Waals surface area contributed by atoms with Gasteiger partial charge >= 0.3 is 5.97 Å². The van der Waals surface area contributed by atoms with Gasteiger partial charge < -0.3 is 29.4 Å². The minimum Gasteiger partial charge on any atom is -0.503 e. The molecule has 0 unspecified atom stereocenters. The Morgan fingerprint density at radius 1 is 1.27 bits per heavy atom. The summed E-state index contributed by atoms with van der Waals surface area (Å²) < 4.78 is 22.6. The third-order valence-corrected chi connectivity index (χ3v) is 5.60. The number of nitrogens with zero attached hydrogens (tertiary/aromatic N) is 1. The van der Waals surface area contributed by atoms with Crippen molar-refractivity contribution in [2.24, 2.45) is 5.92 Å². The van der Waals surface area contributed by atoms with E-state index in [0.717, 1.165) is 6.42 Å². The Kier molecular flexibility index (Phi) is 8.48. The Labute approximate surface area is 193 Å². The van der Waals surface area contributed by atoms with Gasteiger partial charge in [0.05, 0.1) is 13.7 Å². The minimum atomic E-state index is -1.08. The average Bonchev–Trinajstić information content (AvgIpc) is 2.82. The van der Waals surface area contributed by atoms with E-state index in [4.69, 9.17) is 18.9 Å². The molecule has 2 aromatic rings. The van der Waals surface area contributed by atoms with E-state index in [9.17, 15) is 14.7 Å². The summed E-state index contributed by atoms with van der Waals surface area (Å²) in [5.74, 6) is -0.924. The molecule has 1 aliphatic heterocycles. The number of nitrogens with one attached hydrogen (secondary N) is 1. The number of para-hydroxylation sites is 1. The minimum absolute atomic E-state index is 0.0668. The first kappa shape index (κ1) is 24.3. The standard InChI is InChI=1S/C24H30N2O7/c1-4-16-11-13-31-14-18(26-23(28)20-21(27)19(30-3)10-12-25-20)24(29)32-15(2)22(16)33-17-8-6-5-7-9-17/h5-10,12,15-16,18,22,27H,4,11,13-14H2,1-3H3,(H,26,28)/t15-,16-,18-,22-/m0/s1. The predicted molar refractivity (Wildman–Crippen MR) is 119 cm³/mol. The van der Waals surface area contributed by atoms with Crippen LogP contribution in [0.25, 0.3) is 0 Å². The van der Waals surface area contributed by atoms with Crippen molar-refractivity contribution in [3.63, 3.8) is 0 Å². The molecule has 1 aliphatic rings. The normalized spacial score (nSPS) is 23.8. The third kappa shape index (κ3) is 6.13. The highest BCUT2D eigenvalue weighted by Gasteiger charge is 2.35. The van der Waals surface area contributed by atoms with Crippen LogP contribution in [0.1, 0.15) is 37.2 Å². The molecule has 1 amide bonds. The Hall–Kier alpha value is -3.33. The van der Waals surface area contributed by atoms with E-state index in [1.807, 2.05) is 30.3 Å². The van der Waals surface area contributed by atoms with Gasteiger partial charge in [-0.1, -0.05) is 25.1 Å². The summed E-state index contributed by atoms with van der Waals surface area (Å²) in [6.45, 7) is 4.17. The Morgan fingerprint density at radius 3 is 2.73 bits per heavy atom. The van der Waals surface area contributed by atoms with Crippen LogP contribution in [0.4, 0.5) is 0 Å². The van der Waals surface area contributed by atoms with E-state index >= 15 is 0 Å². The second kappa shape index (κ2) is 11.5. The van der Waals surface area contributed by atoms with Crippen LogP contribution in [0, 0.1) is 5.92 Å². The summed E-state index contributed by atoms with van der Waals surface area (Å²) in [4.78, 5) is 29.5. The first-order chi connectivity index (χ1) is 15.9. The molecule has 1 aromatic carbocycles. The van der Waals surface area contributed by atoms with Gasteiger partial charge in [-0.05, 0) is 31.9 Å². The van der Waals surface area contributed by atoms with Crippen molar-refractivity contribution >= 4 is 11.9 Å². The summed E-state index contributed by atoms with van der Waals surface area (Å²) in [5, 5.41) is 12.7. The summed E-state index contributed by atoms with van der Waals surface area (Å²) >= 11 is 0. The molecule has 0 aliphatic carbocycles. The molecular formula is C24H30N2O7. The maximum absolute atomic E-state index is 12.9. The van der Waals surface area contributed by atoms with Crippen LogP contribution in [0.15, 0.2) is 42.6 Å². The second-order valence-electron chi connectivity index (χ2n) is 7.81. The molecule has 0 radical (unpaired) electrons. The number of aromatic hydroxyl groups is 1. The topological polar surface area (TPSA) is 116 Å². The molecule has 1 saturated heterocycles. The smallest absolute Gasteiger partial charge is 0.331 e. The van der Waals surface area contributed by atoms with Crippen molar-refractivity contribution in [1.82, 2.24) is 10.3 Å². The molecule has 9 nitrogen and oxygen atoms in total. The lowest BCUT2D eigenvalue weighted by molar-refractivity contribution is -0.160. The molecule has 1 fully saturated rings. The number of ether oxygens (including phenoxy) is 4. The largest absolute Gasteiger partial charge is 0.503 e. The summed E-state index contributed by atoms with van der Waals surface area (Å²) in [6.07, 6.45) is 1.90. The van der Waals surface area contributed by atoms with Crippen LogP contribution in [0.2, 0.25) is 0 Å². The number of hydrogen-bond donors (Lipinski definition) is 2. The summed E-state index contributed by atoms with van der Waals surface area (Å²) in [5.41, 5.74) is -0.261. The number of amides is 1. The van der Waals surface area contributed by atoms with E-state index < -0.39 is 29.8 Å². The SMILES string of the molecule is CC[C@H]1CCOC[C@H](NC(=O)c2nccc(OC)c2O)C(=O)O[C@@H](C)[C@@H]1Oc1ccccc1. The Balaban J connectivity index is 1.75. The van der Waals surface area contributed by atoms with Gasteiger partial charge in [0.2, 0.25) is 0 Å². The second-order valence-corrected chi connectivity index (χ2v) is 7.81. The molecule has 0 spiro atoms. The lowest BCUT2D eigenvalue weighted by atomic mass is 9.92. The van der Waals surface area contributed by atoms with Gasteiger partial charge in [-0.25, -0.2) is 9.78 Å². The van der Waals surface area contributed by atoms with Crippen LogP contribution in [0.5, 0.6) is 17.2 Å². The van der Waals surface area contributed by atoms with Crippen LogP contribution in [0.3, 0.4) is 0 Å². The average molecular weight is 459 g/mol. The number of esters is 1. The van der Waals surface area contributed by atoms with Gasteiger partial charge in [-0.15, -0.1) is 0 Å². The van der Waals surface area contributed by atoms with E-state index in [1.54, 1.807) is 6.92 Å². The maximum atomic E-state index is 12.9. The summed E-state index contributed by atoms with van der Waals surface area (Å²) in [7, 11) is 1.36. The zero-order chi connectivity index (χ0) is 23.8. The number of carbonyl (C=O) groups excluding carboxylic acids is 2. The highest BCUT2D eigenvalue weighted by atomic mass is 16.6. The molecule has 2 heterocycles. The van der Waals surface area contributed by atoms with Crippen LogP contribution < -0.4 is 14.8 Å². The molecule has 0 saturated carbocycles. The molecule has 1 aromatic heterocycles. The number of aromatic nitrogens is 1. The quantitative estimate of drug-likeness (QED) is 0.635. The Bertz CT molecular complexity index is 938. The summed E-state index contributed by atoms with van der Waals surface area (Å²) in [6, 6.07) is 9.71. The van der Waals surface area contributed by atoms with Crippen LogP contribution >= 0.6 is 0 Å². The predicted octanol–water partition coefficient (Wildman–Crippen LogP) is 2.72. The van der Waals surface area contributed by atoms with E-state index in [1.165, 1.54) is 19.4 Å². The molecule has 0 bridgehead atoms. The van der Waals surface area contributed by atoms with Gasteiger partial charge in [-0.3, -0.25) is 4.79 Å². The van der Waals surface area contributed by atoms with Crippen molar-refractivity contribution in [3.05, 3.63) is 48.3 Å². The van der Waals surface area contributed by atoms with Gasteiger partial charge in [0, 0.05) is 24.8 Å². The lowest BCUT2D eigenvalue weighted by Crippen LogP contribution is -2.49. The number of benzene rings is 1. The fraction of sp³-hybridized carbons (Fsp3) is 0.458. The van der Waals surface area contributed by atoms with Gasteiger partial charge in [-0.2, -0.15) is 0 Å². The van der Waals surface area contributed by atoms with Crippen molar-refractivity contribution in [2.45, 2.75) is 44.9 Å².